The fourth-order valence-corrected chi connectivity index (χ4v) is 3.81. The topological polar surface area (TPSA) is 90.7 Å². The minimum Gasteiger partial charge on any atom is -0.497 e. The van der Waals surface area contributed by atoms with Gasteiger partial charge in [-0.15, -0.1) is 0 Å². The number of carbonyl (C=O) groups is 2. The second-order valence-corrected chi connectivity index (χ2v) is 7.45. The van der Waals surface area contributed by atoms with Gasteiger partial charge in [-0.3, -0.25) is 19.0 Å². The van der Waals surface area contributed by atoms with E-state index in [4.69, 9.17) is 9.47 Å². The molecule has 0 bridgehead atoms. The summed E-state index contributed by atoms with van der Waals surface area (Å²) >= 11 is 0. The van der Waals surface area contributed by atoms with E-state index in [9.17, 15) is 14.4 Å². The summed E-state index contributed by atoms with van der Waals surface area (Å²) in [6.07, 6.45) is 3.00. The van der Waals surface area contributed by atoms with Gasteiger partial charge in [-0.05, 0) is 55.2 Å². The van der Waals surface area contributed by atoms with Crippen LogP contribution in [0, 0.1) is 6.92 Å². The van der Waals surface area contributed by atoms with Crippen LogP contribution in [0.5, 0.6) is 5.75 Å². The maximum absolute atomic E-state index is 12.7. The summed E-state index contributed by atoms with van der Waals surface area (Å²) in [5.74, 6) is -0.237. The third-order valence-electron chi connectivity index (χ3n) is 5.42. The zero-order valence-electron chi connectivity index (χ0n) is 17.5. The normalized spacial score (nSPS) is 13.0. The van der Waals surface area contributed by atoms with Gasteiger partial charge in [0.2, 0.25) is 0 Å². The highest BCUT2D eigenvalue weighted by Crippen LogP contribution is 2.30. The van der Waals surface area contributed by atoms with Crippen molar-refractivity contribution in [1.29, 1.82) is 0 Å². The predicted octanol–water partition coefficient (Wildman–Crippen LogP) is 2.24. The van der Waals surface area contributed by atoms with Crippen molar-refractivity contribution in [2.75, 3.05) is 25.2 Å². The standard InChI is InChI=1S/C23H23N3O5/c1-15-5-3-7-18-22(15)24-14-25(23(18)29)12-21(28)31-13-20(27)26-10-4-6-16-11-17(30-2)8-9-19(16)26/h3,5,7-9,11,14H,4,6,10,12-13H2,1-2H3. The Bertz CT molecular complexity index is 1220. The summed E-state index contributed by atoms with van der Waals surface area (Å²) in [5.41, 5.74) is 2.99. The van der Waals surface area contributed by atoms with Gasteiger partial charge in [0, 0.05) is 12.2 Å². The van der Waals surface area contributed by atoms with Crippen LogP contribution in [0.1, 0.15) is 17.5 Å². The van der Waals surface area contributed by atoms with Crippen molar-refractivity contribution in [2.24, 2.45) is 0 Å². The lowest BCUT2D eigenvalue weighted by Crippen LogP contribution is -2.38. The lowest BCUT2D eigenvalue weighted by Gasteiger charge is -2.29. The molecule has 1 amide bonds. The number of anilines is 1. The molecule has 0 fully saturated rings. The van der Waals surface area contributed by atoms with Crippen LogP contribution in [0.3, 0.4) is 0 Å². The molecular formula is C23H23N3O5. The van der Waals surface area contributed by atoms with Gasteiger partial charge in [-0.25, -0.2) is 4.98 Å². The van der Waals surface area contributed by atoms with Crippen molar-refractivity contribution in [2.45, 2.75) is 26.3 Å². The van der Waals surface area contributed by atoms with Gasteiger partial charge in [0.15, 0.2) is 6.61 Å². The monoisotopic (exact) mass is 421 g/mol. The van der Waals surface area contributed by atoms with Crippen LogP contribution in [0.15, 0.2) is 47.5 Å². The number of esters is 1. The molecule has 160 valence electrons. The molecule has 0 saturated carbocycles. The zero-order valence-corrected chi connectivity index (χ0v) is 17.5. The number of methoxy groups -OCH3 is 1. The summed E-state index contributed by atoms with van der Waals surface area (Å²) in [5, 5.41) is 0.437. The van der Waals surface area contributed by atoms with E-state index < -0.39 is 5.97 Å². The van der Waals surface area contributed by atoms with E-state index in [1.165, 1.54) is 10.9 Å². The highest BCUT2D eigenvalue weighted by atomic mass is 16.5. The molecule has 0 spiro atoms. The summed E-state index contributed by atoms with van der Waals surface area (Å²) in [6.45, 7) is 1.73. The van der Waals surface area contributed by atoms with E-state index >= 15 is 0 Å². The Morgan fingerprint density at radius 1 is 1.19 bits per heavy atom. The molecule has 8 nitrogen and oxygen atoms in total. The lowest BCUT2D eigenvalue weighted by atomic mass is 10.0. The van der Waals surface area contributed by atoms with Crippen LogP contribution < -0.4 is 15.2 Å². The molecule has 0 saturated heterocycles. The molecule has 0 unspecified atom stereocenters. The Kier molecular flexibility index (Phi) is 5.70. The van der Waals surface area contributed by atoms with Crippen molar-refractivity contribution in [3.63, 3.8) is 0 Å². The maximum atomic E-state index is 12.7. The first-order valence-electron chi connectivity index (χ1n) is 10.1. The van der Waals surface area contributed by atoms with Gasteiger partial charge in [-0.1, -0.05) is 12.1 Å². The third-order valence-corrected chi connectivity index (χ3v) is 5.42. The molecule has 3 aromatic rings. The number of rotatable bonds is 5. The summed E-state index contributed by atoms with van der Waals surface area (Å²) in [6, 6.07) is 10.9. The number of benzene rings is 2. The predicted molar refractivity (Wildman–Crippen MR) is 115 cm³/mol. The second kappa shape index (κ2) is 8.59. The maximum Gasteiger partial charge on any atom is 0.326 e. The lowest BCUT2D eigenvalue weighted by molar-refractivity contribution is -0.148. The van der Waals surface area contributed by atoms with Crippen molar-refractivity contribution < 1.29 is 19.1 Å². The van der Waals surface area contributed by atoms with Crippen LogP contribution in [-0.2, 0) is 27.3 Å². The van der Waals surface area contributed by atoms with Crippen molar-refractivity contribution in [3.05, 3.63) is 64.2 Å². The zero-order chi connectivity index (χ0) is 22.0. The molecule has 1 aliphatic heterocycles. The van der Waals surface area contributed by atoms with E-state index in [0.717, 1.165) is 35.4 Å². The average Bonchev–Trinajstić information content (AvgIpc) is 2.79. The molecular weight excluding hydrogens is 398 g/mol. The Labute approximate surface area is 179 Å². The fraction of sp³-hybridized carbons (Fsp3) is 0.304. The smallest absolute Gasteiger partial charge is 0.326 e. The van der Waals surface area contributed by atoms with Crippen LogP contribution in [-0.4, -0.2) is 41.7 Å². The highest BCUT2D eigenvalue weighted by molar-refractivity contribution is 5.96. The Morgan fingerprint density at radius 3 is 2.84 bits per heavy atom. The first-order valence-corrected chi connectivity index (χ1v) is 10.1. The van der Waals surface area contributed by atoms with Crippen molar-refractivity contribution in [1.82, 2.24) is 9.55 Å². The molecule has 8 heteroatoms. The number of nitrogens with zero attached hydrogens (tertiary/aromatic N) is 3. The van der Waals surface area contributed by atoms with Crippen LogP contribution in [0.25, 0.3) is 10.9 Å². The molecule has 0 aliphatic carbocycles. The first-order chi connectivity index (χ1) is 15.0. The number of aromatic nitrogens is 2. The van der Waals surface area contributed by atoms with Crippen molar-refractivity contribution >= 4 is 28.5 Å². The van der Waals surface area contributed by atoms with E-state index in [-0.39, 0.29) is 24.6 Å². The van der Waals surface area contributed by atoms with Crippen LogP contribution in [0.2, 0.25) is 0 Å². The van der Waals surface area contributed by atoms with Gasteiger partial charge < -0.3 is 14.4 Å². The molecule has 0 atom stereocenters. The second-order valence-electron chi connectivity index (χ2n) is 7.45. The Balaban J connectivity index is 1.42. The van der Waals surface area contributed by atoms with Gasteiger partial charge in [-0.2, -0.15) is 0 Å². The van der Waals surface area contributed by atoms with E-state index in [1.807, 2.05) is 25.1 Å². The minimum atomic E-state index is -0.670. The fourth-order valence-electron chi connectivity index (χ4n) is 3.81. The highest BCUT2D eigenvalue weighted by Gasteiger charge is 2.24. The molecule has 0 radical (unpaired) electrons. The SMILES string of the molecule is COc1ccc2c(c1)CCCN2C(=O)COC(=O)Cn1cnc2c(C)cccc2c1=O. The first kappa shape index (κ1) is 20.6. The largest absolute Gasteiger partial charge is 0.497 e. The quantitative estimate of drug-likeness (QED) is 0.587. The molecule has 2 heterocycles. The number of para-hydroxylation sites is 1. The Hall–Kier alpha value is -3.68. The number of ether oxygens (including phenoxy) is 2. The van der Waals surface area contributed by atoms with Gasteiger partial charge in [0.25, 0.3) is 11.5 Å². The summed E-state index contributed by atoms with van der Waals surface area (Å²) < 4.78 is 11.6. The molecule has 1 aromatic heterocycles. The van der Waals surface area contributed by atoms with E-state index in [2.05, 4.69) is 4.98 Å². The third kappa shape index (κ3) is 4.14. The van der Waals surface area contributed by atoms with Crippen LogP contribution in [0.4, 0.5) is 5.69 Å². The van der Waals surface area contributed by atoms with E-state index in [0.29, 0.717) is 17.4 Å². The molecule has 1 aliphatic rings. The summed E-state index contributed by atoms with van der Waals surface area (Å²) in [7, 11) is 1.60. The molecule has 2 aromatic carbocycles. The van der Waals surface area contributed by atoms with Gasteiger partial charge in [0.1, 0.15) is 12.3 Å². The number of hydrogen-bond acceptors (Lipinski definition) is 6. The van der Waals surface area contributed by atoms with Crippen molar-refractivity contribution in [3.8, 4) is 5.75 Å². The number of amides is 1. The average molecular weight is 421 g/mol. The van der Waals surface area contributed by atoms with Crippen LogP contribution >= 0.6 is 0 Å². The van der Waals surface area contributed by atoms with Gasteiger partial charge in [0.05, 0.1) is 24.3 Å². The number of carbonyl (C=O) groups excluding carboxylic acids is 2. The number of aryl methyl sites for hydroxylation is 2. The molecule has 31 heavy (non-hydrogen) atoms. The molecule has 4 rings (SSSR count). The minimum absolute atomic E-state index is 0.306. The summed E-state index contributed by atoms with van der Waals surface area (Å²) in [4.78, 5) is 43.5. The number of fused-ring (bicyclic) bond motifs is 2. The van der Waals surface area contributed by atoms with E-state index in [1.54, 1.807) is 30.2 Å². The number of hydrogen-bond donors (Lipinski definition) is 0. The Morgan fingerprint density at radius 2 is 2.03 bits per heavy atom. The molecule has 0 N–H and O–H groups in total. The van der Waals surface area contributed by atoms with Gasteiger partial charge >= 0.3 is 5.97 Å².